The first kappa shape index (κ1) is 17.6. The Labute approximate surface area is 148 Å². The Morgan fingerprint density at radius 1 is 1.36 bits per heavy atom. The Morgan fingerprint density at radius 2 is 2.24 bits per heavy atom. The van der Waals surface area contributed by atoms with Gasteiger partial charge in [-0.2, -0.15) is 0 Å². The molecule has 0 aliphatic carbocycles. The summed E-state index contributed by atoms with van der Waals surface area (Å²) < 4.78 is 5.57. The highest BCUT2D eigenvalue weighted by Gasteiger charge is 2.27. The lowest BCUT2D eigenvalue weighted by molar-refractivity contribution is 0.242. The molecule has 1 atom stereocenters. The average Bonchev–Trinajstić information content (AvgIpc) is 3.11. The number of hydrogen-bond acceptors (Lipinski definition) is 6. The molecule has 1 aliphatic rings. The summed E-state index contributed by atoms with van der Waals surface area (Å²) in [6.45, 7) is 4.40. The minimum Gasteiger partial charge on any atom is -0.494 e. The van der Waals surface area contributed by atoms with E-state index in [2.05, 4.69) is 26.3 Å². The van der Waals surface area contributed by atoms with Crippen molar-refractivity contribution in [2.24, 2.45) is 0 Å². The van der Waals surface area contributed by atoms with Crippen LogP contribution < -0.4 is 10.1 Å². The van der Waals surface area contributed by atoms with Crippen molar-refractivity contribution < 1.29 is 9.84 Å². The molecule has 2 N–H and O–H groups in total. The molecule has 1 aromatic carbocycles. The van der Waals surface area contributed by atoms with Crippen LogP contribution in [0.2, 0.25) is 0 Å². The number of rotatable bonds is 7. The van der Waals surface area contributed by atoms with Gasteiger partial charge >= 0.3 is 0 Å². The first-order chi connectivity index (χ1) is 12.2. The third-order valence-corrected chi connectivity index (χ3v) is 4.60. The second-order valence-corrected chi connectivity index (χ2v) is 6.24. The molecular formula is C19H26N4O2. The van der Waals surface area contributed by atoms with E-state index in [0.29, 0.717) is 6.61 Å². The van der Waals surface area contributed by atoms with Gasteiger partial charge in [0.05, 0.1) is 37.3 Å². The van der Waals surface area contributed by atoms with Gasteiger partial charge in [-0.05, 0) is 44.0 Å². The van der Waals surface area contributed by atoms with E-state index in [1.807, 2.05) is 32.3 Å². The zero-order chi connectivity index (χ0) is 17.6. The molecule has 25 heavy (non-hydrogen) atoms. The Hall–Kier alpha value is -2.18. The zero-order valence-corrected chi connectivity index (χ0v) is 14.9. The lowest BCUT2D eigenvalue weighted by Crippen LogP contribution is -2.24. The summed E-state index contributed by atoms with van der Waals surface area (Å²) in [7, 11) is 1.86. The van der Waals surface area contributed by atoms with Gasteiger partial charge in [-0.3, -0.25) is 9.88 Å². The van der Waals surface area contributed by atoms with E-state index in [1.165, 1.54) is 5.56 Å². The lowest BCUT2D eigenvalue weighted by Gasteiger charge is -2.24. The van der Waals surface area contributed by atoms with E-state index in [9.17, 15) is 5.11 Å². The number of hydrogen-bond donors (Lipinski definition) is 2. The van der Waals surface area contributed by atoms with Crippen molar-refractivity contribution >= 4 is 5.82 Å². The van der Waals surface area contributed by atoms with Crippen molar-refractivity contribution in [3.8, 4) is 5.75 Å². The van der Waals surface area contributed by atoms with Gasteiger partial charge in [-0.1, -0.05) is 6.07 Å². The molecule has 1 fully saturated rings. The summed E-state index contributed by atoms with van der Waals surface area (Å²) in [4.78, 5) is 11.4. The molecule has 1 aromatic heterocycles. The number of ether oxygens (including phenoxy) is 1. The third kappa shape index (κ3) is 4.08. The quantitative estimate of drug-likeness (QED) is 0.806. The standard InChI is InChI=1S/C19H26N4O2/c1-3-25-18-7-6-14(9-15(18)13-24)12-23-8-4-5-17(23)16-10-21-11-19(20-2)22-16/h6-7,9-11,17,24H,3-5,8,12-13H2,1-2H3,(H,20,22)/t17-/m0/s1. The van der Waals surface area contributed by atoms with Crippen LogP contribution in [-0.2, 0) is 13.2 Å². The zero-order valence-electron chi connectivity index (χ0n) is 14.9. The Kier molecular flexibility index (Phi) is 5.83. The van der Waals surface area contributed by atoms with Crippen LogP contribution in [0.5, 0.6) is 5.75 Å². The molecule has 6 nitrogen and oxygen atoms in total. The van der Waals surface area contributed by atoms with Gasteiger partial charge in [0.25, 0.3) is 0 Å². The van der Waals surface area contributed by atoms with E-state index in [1.54, 1.807) is 6.20 Å². The fourth-order valence-corrected chi connectivity index (χ4v) is 3.40. The molecule has 3 rings (SSSR count). The molecule has 0 saturated carbocycles. The smallest absolute Gasteiger partial charge is 0.144 e. The first-order valence-electron chi connectivity index (χ1n) is 8.84. The van der Waals surface area contributed by atoms with Crippen molar-refractivity contribution in [3.05, 3.63) is 47.4 Å². The predicted molar refractivity (Wildman–Crippen MR) is 97.5 cm³/mol. The molecular weight excluding hydrogens is 316 g/mol. The monoisotopic (exact) mass is 342 g/mol. The lowest BCUT2D eigenvalue weighted by atomic mass is 10.1. The number of likely N-dealkylation sites (tertiary alicyclic amines) is 1. The van der Waals surface area contributed by atoms with Crippen LogP contribution in [0.4, 0.5) is 5.82 Å². The molecule has 0 radical (unpaired) electrons. The molecule has 0 spiro atoms. The SMILES string of the molecule is CCOc1ccc(CN2CCC[C@H]2c2cncc(NC)n2)cc1CO. The number of aromatic nitrogens is 2. The Morgan fingerprint density at radius 3 is 3.00 bits per heavy atom. The second-order valence-electron chi connectivity index (χ2n) is 6.24. The maximum atomic E-state index is 9.60. The summed E-state index contributed by atoms with van der Waals surface area (Å²) in [5.41, 5.74) is 3.03. The average molecular weight is 342 g/mol. The van der Waals surface area contributed by atoms with Crippen LogP contribution in [0, 0.1) is 0 Å². The molecule has 6 heteroatoms. The molecule has 2 aromatic rings. The largest absolute Gasteiger partial charge is 0.494 e. The predicted octanol–water partition coefficient (Wildman–Crippen LogP) is 2.75. The van der Waals surface area contributed by atoms with Crippen molar-refractivity contribution in [1.82, 2.24) is 14.9 Å². The van der Waals surface area contributed by atoms with E-state index >= 15 is 0 Å². The first-order valence-corrected chi connectivity index (χ1v) is 8.84. The maximum absolute atomic E-state index is 9.60. The van der Waals surface area contributed by atoms with Gasteiger partial charge in [0.1, 0.15) is 11.6 Å². The van der Waals surface area contributed by atoms with Gasteiger partial charge in [0.15, 0.2) is 0 Å². The summed E-state index contributed by atoms with van der Waals surface area (Å²) in [6, 6.07) is 6.35. The number of nitrogens with one attached hydrogen (secondary N) is 1. The Balaban J connectivity index is 1.77. The minimum absolute atomic E-state index is 0.0116. The van der Waals surface area contributed by atoms with E-state index in [-0.39, 0.29) is 12.6 Å². The van der Waals surface area contributed by atoms with Crippen molar-refractivity contribution in [2.75, 3.05) is 25.5 Å². The van der Waals surface area contributed by atoms with Crippen LogP contribution in [0.15, 0.2) is 30.6 Å². The van der Waals surface area contributed by atoms with Crippen molar-refractivity contribution in [1.29, 1.82) is 0 Å². The molecule has 1 aliphatic heterocycles. The summed E-state index contributed by atoms with van der Waals surface area (Å²) >= 11 is 0. The fourth-order valence-electron chi connectivity index (χ4n) is 3.40. The number of anilines is 1. The van der Waals surface area contributed by atoms with Crippen molar-refractivity contribution in [3.63, 3.8) is 0 Å². The van der Waals surface area contributed by atoms with Crippen LogP contribution >= 0.6 is 0 Å². The highest BCUT2D eigenvalue weighted by atomic mass is 16.5. The van der Waals surface area contributed by atoms with Crippen LogP contribution in [0.1, 0.15) is 42.6 Å². The fraction of sp³-hybridized carbons (Fsp3) is 0.474. The highest BCUT2D eigenvalue weighted by Crippen LogP contribution is 2.33. The van der Waals surface area contributed by atoms with Gasteiger partial charge in [0.2, 0.25) is 0 Å². The number of aliphatic hydroxyl groups excluding tert-OH is 1. The van der Waals surface area contributed by atoms with E-state index in [0.717, 1.165) is 48.8 Å². The van der Waals surface area contributed by atoms with Crippen LogP contribution in [0.3, 0.4) is 0 Å². The van der Waals surface area contributed by atoms with Gasteiger partial charge < -0.3 is 15.2 Å². The van der Waals surface area contributed by atoms with Crippen LogP contribution in [0.25, 0.3) is 0 Å². The second kappa shape index (κ2) is 8.27. The molecule has 1 saturated heterocycles. The third-order valence-electron chi connectivity index (χ3n) is 4.60. The number of nitrogens with zero attached hydrogens (tertiary/aromatic N) is 3. The highest BCUT2D eigenvalue weighted by molar-refractivity contribution is 5.37. The topological polar surface area (TPSA) is 70.5 Å². The number of benzene rings is 1. The van der Waals surface area contributed by atoms with Crippen molar-refractivity contribution in [2.45, 2.75) is 39.0 Å². The minimum atomic E-state index is -0.0116. The summed E-state index contributed by atoms with van der Waals surface area (Å²) in [5.74, 6) is 1.56. The molecule has 0 amide bonds. The molecule has 134 valence electrons. The molecule has 0 bridgehead atoms. The van der Waals surface area contributed by atoms with Gasteiger partial charge in [0, 0.05) is 19.2 Å². The van der Waals surface area contributed by atoms with E-state index < -0.39 is 0 Å². The Bertz CT molecular complexity index is 708. The normalized spacial score (nSPS) is 17.6. The molecule has 0 unspecified atom stereocenters. The summed E-state index contributed by atoms with van der Waals surface area (Å²) in [5, 5.41) is 12.7. The van der Waals surface area contributed by atoms with Crippen LogP contribution in [-0.4, -0.2) is 40.2 Å². The molecule has 2 heterocycles. The summed E-state index contributed by atoms with van der Waals surface area (Å²) in [6.07, 6.45) is 5.84. The maximum Gasteiger partial charge on any atom is 0.144 e. The van der Waals surface area contributed by atoms with E-state index in [4.69, 9.17) is 4.74 Å². The van der Waals surface area contributed by atoms with Gasteiger partial charge in [-0.15, -0.1) is 0 Å². The number of aliphatic hydroxyl groups is 1. The van der Waals surface area contributed by atoms with Gasteiger partial charge in [-0.25, -0.2) is 4.98 Å².